The zero-order valence-electron chi connectivity index (χ0n) is 12.4. The smallest absolute Gasteiger partial charge is 0.182 e. The van der Waals surface area contributed by atoms with E-state index in [1.54, 1.807) is 25.3 Å². The van der Waals surface area contributed by atoms with E-state index in [1.165, 1.54) is 5.56 Å². The van der Waals surface area contributed by atoms with Gasteiger partial charge in [-0.15, -0.1) is 0 Å². The molecule has 0 aliphatic carbocycles. The van der Waals surface area contributed by atoms with Gasteiger partial charge in [0.25, 0.3) is 0 Å². The molecule has 0 radical (unpaired) electrons. The molecule has 0 amide bonds. The van der Waals surface area contributed by atoms with Crippen molar-refractivity contribution in [2.24, 2.45) is 0 Å². The third kappa shape index (κ3) is 3.85. The number of hydrogen-bond donors (Lipinski definition) is 0. The van der Waals surface area contributed by atoms with Crippen LogP contribution in [0.1, 0.15) is 15.9 Å². The van der Waals surface area contributed by atoms with Gasteiger partial charge in [-0.05, 0) is 58.7 Å². The van der Waals surface area contributed by atoms with Crippen molar-refractivity contribution in [1.82, 2.24) is 0 Å². The standard InChI is InChI=1S/C17H18BrNO2/c1-12-5-4-6-14(9-12)19(2)11-16(20)13-7-8-17(21-3)15(18)10-13/h4-10H,11H2,1-3H3. The van der Waals surface area contributed by atoms with Crippen molar-refractivity contribution in [3.8, 4) is 5.75 Å². The van der Waals surface area contributed by atoms with Gasteiger partial charge in [0.15, 0.2) is 5.78 Å². The van der Waals surface area contributed by atoms with Crippen LogP contribution in [0.5, 0.6) is 5.75 Å². The van der Waals surface area contributed by atoms with Crippen molar-refractivity contribution >= 4 is 27.4 Å². The molecule has 0 saturated heterocycles. The quantitative estimate of drug-likeness (QED) is 0.763. The average Bonchev–Trinajstić information content (AvgIpc) is 2.47. The number of carbonyl (C=O) groups is 1. The molecule has 0 spiro atoms. The number of carbonyl (C=O) groups excluding carboxylic acids is 1. The Morgan fingerprint density at radius 1 is 1.24 bits per heavy atom. The lowest BCUT2D eigenvalue weighted by molar-refractivity contribution is 0.100. The Balaban J connectivity index is 2.12. The average molecular weight is 348 g/mol. The highest BCUT2D eigenvalue weighted by Gasteiger charge is 2.12. The summed E-state index contributed by atoms with van der Waals surface area (Å²) in [6.45, 7) is 2.38. The molecule has 3 nitrogen and oxygen atoms in total. The third-order valence-electron chi connectivity index (χ3n) is 3.30. The molecule has 2 aromatic rings. The number of benzene rings is 2. The van der Waals surface area contributed by atoms with E-state index in [0.717, 1.165) is 15.9 Å². The van der Waals surface area contributed by atoms with Crippen molar-refractivity contribution in [3.05, 3.63) is 58.1 Å². The predicted octanol–water partition coefficient (Wildman–Crippen LogP) is 4.09. The molecule has 0 bridgehead atoms. The second-order valence-electron chi connectivity index (χ2n) is 4.97. The van der Waals surface area contributed by atoms with E-state index < -0.39 is 0 Å². The number of halogens is 1. The van der Waals surface area contributed by atoms with Gasteiger partial charge in [-0.25, -0.2) is 0 Å². The van der Waals surface area contributed by atoms with Gasteiger partial charge in [-0.1, -0.05) is 12.1 Å². The van der Waals surface area contributed by atoms with Crippen molar-refractivity contribution < 1.29 is 9.53 Å². The Bertz CT molecular complexity index is 655. The summed E-state index contributed by atoms with van der Waals surface area (Å²) in [7, 11) is 3.53. The first-order chi connectivity index (χ1) is 10.0. The zero-order chi connectivity index (χ0) is 15.4. The summed E-state index contributed by atoms with van der Waals surface area (Å²) < 4.78 is 5.96. The number of ketones is 1. The van der Waals surface area contributed by atoms with Crippen LogP contribution in [0.2, 0.25) is 0 Å². The van der Waals surface area contributed by atoms with E-state index in [-0.39, 0.29) is 5.78 Å². The molecule has 0 aliphatic rings. The highest BCUT2D eigenvalue weighted by molar-refractivity contribution is 9.10. The monoisotopic (exact) mass is 347 g/mol. The lowest BCUT2D eigenvalue weighted by Gasteiger charge is -2.19. The molecule has 21 heavy (non-hydrogen) atoms. The van der Waals surface area contributed by atoms with Crippen LogP contribution in [0.4, 0.5) is 5.69 Å². The first kappa shape index (κ1) is 15.6. The molecular formula is C17H18BrNO2. The van der Waals surface area contributed by atoms with E-state index in [4.69, 9.17) is 4.74 Å². The highest BCUT2D eigenvalue weighted by atomic mass is 79.9. The Morgan fingerprint density at radius 3 is 2.62 bits per heavy atom. The summed E-state index contributed by atoms with van der Waals surface area (Å²) in [6.07, 6.45) is 0. The van der Waals surface area contributed by atoms with Crippen LogP contribution in [0.15, 0.2) is 46.9 Å². The zero-order valence-corrected chi connectivity index (χ0v) is 14.0. The van der Waals surface area contributed by atoms with Crippen LogP contribution in [0, 0.1) is 6.92 Å². The Morgan fingerprint density at radius 2 is 2.00 bits per heavy atom. The second-order valence-corrected chi connectivity index (χ2v) is 5.82. The summed E-state index contributed by atoms with van der Waals surface area (Å²) in [5.74, 6) is 0.793. The Hall–Kier alpha value is -1.81. The first-order valence-corrected chi connectivity index (χ1v) is 7.45. The third-order valence-corrected chi connectivity index (χ3v) is 3.92. The molecule has 0 N–H and O–H groups in total. The van der Waals surface area contributed by atoms with Gasteiger partial charge in [-0.3, -0.25) is 4.79 Å². The minimum atomic E-state index is 0.0716. The maximum atomic E-state index is 12.4. The molecule has 2 aromatic carbocycles. The number of anilines is 1. The molecule has 0 fully saturated rings. The molecule has 110 valence electrons. The van der Waals surface area contributed by atoms with Crippen LogP contribution in [-0.4, -0.2) is 26.5 Å². The number of Topliss-reactive ketones (excluding diaryl/α,β-unsaturated/α-hetero) is 1. The number of rotatable bonds is 5. The predicted molar refractivity (Wildman–Crippen MR) is 89.5 cm³/mol. The lowest BCUT2D eigenvalue weighted by atomic mass is 10.1. The van der Waals surface area contributed by atoms with Gasteiger partial charge in [0, 0.05) is 18.3 Å². The van der Waals surface area contributed by atoms with Crippen LogP contribution in [0.25, 0.3) is 0 Å². The van der Waals surface area contributed by atoms with E-state index >= 15 is 0 Å². The SMILES string of the molecule is COc1ccc(C(=O)CN(C)c2cccc(C)c2)cc1Br. The topological polar surface area (TPSA) is 29.5 Å². The Labute approximate surface area is 133 Å². The lowest BCUT2D eigenvalue weighted by Crippen LogP contribution is -2.25. The molecule has 0 aliphatic heterocycles. The van der Waals surface area contributed by atoms with Crippen molar-refractivity contribution in [2.45, 2.75) is 6.92 Å². The fourth-order valence-corrected chi connectivity index (χ4v) is 2.64. The summed E-state index contributed by atoms with van der Waals surface area (Å²) in [6, 6.07) is 13.5. The molecule has 0 heterocycles. The minimum Gasteiger partial charge on any atom is -0.496 e. The summed E-state index contributed by atoms with van der Waals surface area (Å²) in [5.41, 5.74) is 2.89. The van der Waals surface area contributed by atoms with Crippen LogP contribution < -0.4 is 9.64 Å². The first-order valence-electron chi connectivity index (χ1n) is 6.66. The number of methoxy groups -OCH3 is 1. The van der Waals surface area contributed by atoms with Crippen molar-refractivity contribution in [2.75, 3.05) is 25.6 Å². The van der Waals surface area contributed by atoms with Gasteiger partial charge >= 0.3 is 0 Å². The maximum absolute atomic E-state index is 12.4. The van der Waals surface area contributed by atoms with E-state index in [2.05, 4.69) is 22.0 Å². The number of aryl methyl sites for hydroxylation is 1. The van der Waals surface area contributed by atoms with E-state index in [1.807, 2.05) is 37.1 Å². The molecule has 0 saturated carbocycles. The van der Waals surface area contributed by atoms with Gasteiger partial charge < -0.3 is 9.64 Å². The fourth-order valence-electron chi connectivity index (χ4n) is 2.10. The second kappa shape index (κ2) is 6.76. The molecular weight excluding hydrogens is 330 g/mol. The summed E-state index contributed by atoms with van der Waals surface area (Å²) in [5, 5.41) is 0. The van der Waals surface area contributed by atoms with Gasteiger partial charge in [0.1, 0.15) is 5.75 Å². The van der Waals surface area contributed by atoms with Crippen molar-refractivity contribution in [3.63, 3.8) is 0 Å². The highest BCUT2D eigenvalue weighted by Crippen LogP contribution is 2.26. The van der Waals surface area contributed by atoms with Crippen LogP contribution in [0.3, 0.4) is 0 Å². The van der Waals surface area contributed by atoms with Crippen LogP contribution >= 0.6 is 15.9 Å². The molecule has 4 heteroatoms. The fraction of sp³-hybridized carbons (Fsp3) is 0.235. The number of likely N-dealkylation sites (N-methyl/N-ethyl adjacent to an activating group) is 1. The molecule has 2 rings (SSSR count). The maximum Gasteiger partial charge on any atom is 0.182 e. The molecule has 0 aromatic heterocycles. The normalized spacial score (nSPS) is 10.3. The summed E-state index contributed by atoms with van der Waals surface area (Å²) in [4.78, 5) is 14.3. The van der Waals surface area contributed by atoms with Gasteiger partial charge in [-0.2, -0.15) is 0 Å². The number of ether oxygens (including phenoxy) is 1. The Kier molecular flexibility index (Phi) is 5.02. The minimum absolute atomic E-state index is 0.0716. The van der Waals surface area contributed by atoms with E-state index in [9.17, 15) is 4.79 Å². The van der Waals surface area contributed by atoms with Gasteiger partial charge in [0.2, 0.25) is 0 Å². The molecule has 0 atom stereocenters. The number of hydrogen-bond acceptors (Lipinski definition) is 3. The van der Waals surface area contributed by atoms with Crippen molar-refractivity contribution in [1.29, 1.82) is 0 Å². The van der Waals surface area contributed by atoms with Gasteiger partial charge in [0.05, 0.1) is 18.1 Å². The summed E-state index contributed by atoms with van der Waals surface area (Å²) >= 11 is 3.41. The largest absolute Gasteiger partial charge is 0.496 e. The van der Waals surface area contributed by atoms with Crippen LogP contribution in [-0.2, 0) is 0 Å². The molecule has 0 unspecified atom stereocenters. The van der Waals surface area contributed by atoms with E-state index in [0.29, 0.717) is 12.1 Å². The number of nitrogens with zero attached hydrogens (tertiary/aromatic N) is 1.